The Morgan fingerprint density at radius 1 is 1.00 bits per heavy atom. The molecule has 2 aromatic carbocycles. The van der Waals surface area contributed by atoms with Crippen molar-refractivity contribution in [1.82, 2.24) is 5.43 Å². The van der Waals surface area contributed by atoms with E-state index in [2.05, 4.69) is 10.5 Å². The highest BCUT2D eigenvalue weighted by molar-refractivity contribution is 6.35. The molecule has 0 saturated carbocycles. The van der Waals surface area contributed by atoms with E-state index in [0.29, 0.717) is 44.4 Å². The number of carbonyl (C=O) groups is 1. The largest absolute Gasteiger partial charge is 0.493 e. The van der Waals surface area contributed by atoms with E-state index in [-0.39, 0.29) is 5.56 Å². The number of methoxy groups -OCH3 is 3. The van der Waals surface area contributed by atoms with E-state index in [1.165, 1.54) is 39.7 Å². The molecule has 0 spiro atoms. The van der Waals surface area contributed by atoms with Crippen molar-refractivity contribution in [3.05, 3.63) is 63.8 Å². The fourth-order valence-corrected chi connectivity index (χ4v) is 3.07. The number of nitrogens with one attached hydrogen (secondary N) is 1. The van der Waals surface area contributed by atoms with Crippen LogP contribution in [0.5, 0.6) is 17.2 Å². The smallest absolute Gasteiger partial charge is 0.271 e. The summed E-state index contributed by atoms with van der Waals surface area (Å²) in [5, 5.41) is 4.98. The first-order valence-electron chi connectivity index (χ1n) is 8.65. The summed E-state index contributed by atoms with van der Waals surface area (Å²) in [5.41, 5.74) is 3.37. The van der Waals surface area contributed by atoms with Crippen molar-refractivity contribution in [1.29, 1.82) is 0 Å². The lowest BCUT2D eigenvalue weighted by Gasteiger charge is -2.13. The van der Waals surface area contributed by atoms with Crippen molar-refractivity contribution in [2.45, 2.75) is 0 Å². The Kier molecular flexibility index (Phi) is 6.87. The Bertz CT molecular complexity index is 1070. The number of nitrogens with zero attached hydrogens (tertiary/aromatic N) is 1. The molecule has 0 atom stereocenters. The Morgan fingerprint density at radius 2 is 1.70 bits per heavy atom. The predicted octanol–water partition coefficient (Wildman–Crippen LogP) is 5.04. The molecule has 1 aromatic heterocycles. The van der Waals surface area contributed by atoms with Crippen LogP contribution in [0.25, 0.3) is 11.3 Å². The van der Waals surface area contributed by atoms with E-state index in [0.717, 1.165) is 0 Å². The molecule has 30 heavy (non-hydrogen) atoms. The normalized spacial score (nSPS) is 10.8. The fourth-order valence-electron chi connectivity index (χ4n) is 2.68. The highest BCUT2D eigenvalue weighted by Crippen LogP contribution is 2.38. The summed E-state index contributed by atoms with van der Waals surface area (Å²) >= 11 is 12.2. The first kappa shape index (κ1) is 21.5. The number of hydrogen-bond donors (Lipinski definition) is 1. The van der Waals surface area contributed by atoms with Crippen molar-refractivity contribution in [2.75, 3.05) is 21.3 Å². The maximum Gasteiger partial charge on any atom is 0.271 e. The molecule has 0 fully saturated rings. The Labute approximate surface area is 183 Å². The molecule has 0 saturated heterocycles. The van der Waals surface area contributed by atoms with Crippen LogP contribution in [0.15, 0.2) is 52.0 Å². The average molecular weight is 449 g/mol. The molecule has 1 amide bonds. The zero-order valence-electron chi connectivity index (χ0n) is 16.4. The van der Waals surface area contributed by atoms with Gasteiger partial charge in [-0.15, -0.1) is 0 Å². The van der Waals surface area contributed by atoms with Crippen LogP contribution in [-0.4, -0.2) is 33.5 Å². The molecule has 0 bridgehead atoms. The lowest BCUT2D eigenvalue weighted by molar-refractivity contribution is 0.0954. The number of hydrogen-bond acceptors (Lipinski definition) is 6. The van der Waals surface area contributed by atoms with Crippen LogP contribution in [0.3, 0.4) is 0 Å². The first-order chi connectivity index (χ1) is 14.5. The van der Waals surface area contributed by atoms with Crippen LogP contribution >= 0.6 is 23.2 Å². The molecular formula is C21H18Cl2N2O5. The van der Waals surface area contributed by atoms with Gasteiger partial charge in [0.15, 0.2) is 11.5 Å². The number of furan rings is 1. The van der Waals surface area contributed by atoms with E-state index in [9.17, 15) is 4.79 Å². The monoisotopic (exact) mass is 448 g/mol. The summed E-state index contributed by atoms with van der Waals surface area (Å²) in [6, 6.07) is 11.6. The molecule has 0 aliphatic rings. The van der Waals surface area contributed by atoms with Gasteiger partial charge in [-0.05, 0) is 42.5 Å². The quantitative estimate of drug-likeness (QED) is 0.404. The van der Waals surface area contributed by atoms with Crippen molar-refractivity contribution in [3.8, 4) is 28.6 Å². The molecule has 9 heteroatoms. The lowest BCUT2D eigenvalue weighted by Crippen LogP contribution is -2.18. The van der Waals surface area contributed by atoms with Gasteiger partial charge in [0, 0.05) is 16.1 Å². The van der Waals surface area contributed by atoms with Crippen LogP contribution in [0, 0.1) is 0 Å². The SMILES string of the molecule is COc1cc(C(=O)N/N=C/c2ccc(-c3cc(Cl)ccc3Cl)o2)cc(OC)c1OC. The molecule has 3 rings (SSSR count). The van der Waals surface area contributed by atoms with E-state index >= 15 is 0 Å². The average Bonchev–Trinajstić information content (AvgIpc) is 3.22. The predicted molar refractivity (Wildman–Crippen MR) is 115 cm³/mol. The second-order valence-electron chi connectivity index (χ2n) is 5.94. The molecule has 1 heterocycles. The Balaban J connectivity index is 1.74. The van der Waals surface area contributed by atoms with Gasteiger partial charge in [0.1, 0.15) is 11.5 Å². The van der Waals surface area contributed by atoms with Crippen LogP contribution in [-0.2, 0) is 0 Å². The van der Waals surface area contributed by atoms with E-state index < -0.39 is 5.91 Å². The third kappa shape index (κ3) is 4.69. The maximum absolute atomic E-state index is 12.4. The molecular weight excluding hydrogens is 431 g/mol. The van der Waals surface area contributed by atoms with Gasteiger partial charge in [0.2, 0.25) is 5.75 Å². The van der Waals surface area contributed by atoms with E-state index in [1.807, 2.05) is 0 Å². The van der Waals surface area contributed by atoms with Crippen molar-refractivity contribution >= 4 is 35.3 Å². The number of carbonyl (C=O) groups excluding carboxylic acids is 1. The number of benzene rings is 2. The summed E-state index contributed by atoms with van der Waals surface area (Å²) in [6.45, 7) is 0. The minimum atomic E-state index is -0.463. The summed E-state index contributed by atoms with van der Waals surface area (Å²) < 4.78 is 21.4. The third-order valence-corrected chi connectivity index (χ3v) is 4.67. The van der Waals surface area contributed by atoms with Crippen molar-refractivity contribution < 1.29 is 23.4 Å². The van der Waals surface area contributed by atoms with Crippen LogP contribution < -0.4 is 19.6 Å². The summed E-state index contributed by atoms with van der Waals surface area (Å²) in [6.07, 6.45) is 1.37. The second kappa shape index (κ2) is 9.56. The number of hydrazone groups is 1. The zero-order valence-corrected chi connectivity index (χ0v) is 17.9. The maximum atomic E-state index is 12.4. The number of amides is 1. The molecule has 3 aromatic rings. The van der Waals surface area contributed by atoms with Gasteiger partial charge in [0.05, 0.1) is 32.6 Å². The Hall–Kier alpha value is -3.16. The van der Waals surface area contributed by atoms with Crippen molar-refractivity contribution in [3.63, 3.8) is 0 Å². The molecule has 156 valence electrons. The van der Waals surface area contributed by atoms with Crippen LogP contribution in [0.2, 0.25) is 10.0 Å². The fraction of sp³-hybridized carbons (Fsp3) is 0.143. The van der Waals surface area contributed by atoms with E-state index in [1.54, 1.807) is 30.3 Å². The number of halogens is 2. The molecule has 0 radical (unpaired) electrons. The summed E-state index contributed by atoms with van der Waals surface area (Å²) in [7, 11) is 4.42. The van der Waals surface area contributed by atoms with Crippen molar-refractivity contribution in [2.24, 2.45) is 5.10 Å². The van der Waals surface area contributed by atoms with Crippen LogP contribution in [0.1, 0.15) is 16.1 Å². The molecule has 1 N–H and O–H groups in total. The van der Waals surface area contributed by atoms with E-state index in [4.69, 9.17) is 41.8 Å². The van der Waals surface area contributed by atoms with Gasteiger partial charge in [-0.25, -0.2) is 5.43 Å². The third-order valence-electron chi connectivity index (χ3n) is 4.11. The highest BCUT2D eigenvalue weighted by atomic mass is 35.5. The highest BCUT2D eigenvalue weighted by Gasteiger charge is 2.16. The van der Waals surface area contributed by atoms with Crippen LogP contribution in [0.4, 0.5) is 0 Å². The van der Waals surface area contributed by atoms with Gasteiger partial charge >= 0.3 is 0 Å². The van der Waals surface area contributed by atoms with Gasteiger partial charge in [-0.1, -0.05) is 23.2 Å². The van der Waals surface area contributed by atoms with Gasteiger partial charge in [0.25, 0.3) is 5.91 Å². The zero-order chi connectivity index (χ0) is 21.7. The van der Waals surface area contributed by atoms with Gasteiger partial charge in [-0.3, -0.25) is 4.79 Å². The topological polar surface area (TPSA) is 82.3 Å². The van der Waals surface area contributed by atoms with Gasteiger partial charge < -0.3 is 18.6 Å². The molecule has 7 nitrogen and oxygen atoms in total. The molecule has 0 aliphatic carbocycles. The summed E-state index contributed by atoms with van der Waals surface area (Å²) in [5.74, 6) is 1.60. The lowest BCUT2D eigenvalue weighted by atomic mass is 10.1. The Morgan fingerprint density at radius 3 is 2.33 bits per heavy atom. The minimum Gasteiger partial charge on any atom is -0.493 e. The van der Waals surface area contributed by atoms with Gasteiger partial charge in [-0.2, -0.15) is 5.10 Å². The molecule has 0 unspecified atom stereocenters. The second-order valence-corrected chi connectivity index (χ2v) is 6.78. The first-order valence-corrected chi connectivity index (χ1v) is 9.41. The number of ether oxygens (including phenoxy) is 3. The molecule has 0 aliphatic heterocycles. The number of rotatable bonds is 7. The standard InChI is InChI=1S/C21H18Cl2N2O5/c1-27-18-8-12(9-19(28-2)20(18)29-3)21(26)25-24-11-14-5-7-17(30-14)15-10-13(22)4-6-16(15)23/h4-11H,1-3H3,(H,25,26)/b24-11+. The summed E-state index contributed by atoms with van der Waals surface area (Å²) in [4.78, 5) is 12.4. The minimum absolute atomic E-state index is 0.285.